The number of hydrogen-bond donors (Lipinski definition) is 1. The quantitative estimate of drug-likeness (QED) is 0.911. The maximum atomic E-state index is 13.2. The van der Waals surface area contributed by atoms with Gasteiger partial charge in [-0.3, -0.25) is 9.69 Å². The first-order valence-electron chi connectivity index (χ1n) is 8.13. The molecule has 1 atom stereocenters. The van der Waals surface area contributed by atoms with Gasteiger partial charge in [0.1, 0.15) is 5.82 Å². The smallest absolute Gasteiger partial charge is 0.251 e. The zero-order chi connectivity index (χ0) is 16.9. The molecular weight excluding hydrogens is 327 g/mol. The van der Waals surface area contributed by atoms with E-state index in [0.717, 1.165) is 37.5 Å². The second kappa shape index (κ2) is 7.77. The molecule has 1 N–H and O–H groups in total. The third-order valence-corrected chi connectivity index (χ3v) is 4.50. The highest BCUT2D eigenvalue weighted by Crippen LogP contribution is 2.16. The largest absolute Gasteiger partial charge is 0.348 e. The summed E-state index contributed by atoms with van der Waals surface area (Å²) in [7, 11) is 0. The van der Waals surface area contributed by atoms with Crippen LogP contribution >= 0.6 is 11.6 Å². The second-order valence-electron chi connectivity index (χ2n) is 6.18. The molecule has 3 nitrogen and oxygen atoms in total. The fraction of sp³-hybridized carbons (Fsp3) is 0.316. The normalized spacial score (nSPS) is 18.3. The molecular formula is C19H20ClFN2O. The van der Waals surface area contributed by atoms with Gasteiger partial charge in [0.2, 0.25) is 0 Å². The molecule has 0 spiro atoms. The molecule has 1 aliphatic heterocycles. The Labute approximate surface area is 146 Å². The van der Waals surface area contributed by atoms with Crippen LogP contribution < -0.4 is 5.32 Å². The van der Waals surface area contributed by atoms with Crippen molar-refractivity contribution in [3.05, 3.63) is 70.5 Å². The van der Waals surface area contributed by atoms with Gasteiger partial charge in [-0.05, 0) is 55.3 Å². The zero-order valence-corrected chi connectivity index (χ0v) is 14.1. The van der Waals surface area contributed by atoms with Gasteiger partial charge in [0.05, 0.1) is 0 Å². The molecule has 1 amide bonds. The van der Waals surface area contributed by atoms with Crippen LogP contribution in [0.25, 0.3) is 0 Å². The number of amides is 1. The molecule has 1 saturated heterocycles. The van der Waals surface area contributed by atoms with Gasteiger partial charge in [0.25, 0.3) is 5.91 Å². The standard InChI is InChI=1S/C19H20ClFN2O/c20-16-8-6-14(7-9-16)12-23-10-2-5-18(13-23)22-19(24)15-3-1-4-17(21)11-15/h1,3-4,6-9,11,18H,2,5,10,12-13H2,(H,22,24)/t18-/m1/s1. The Hall–Kier alpha value is -1.91. The van der Waals surface area contributed by atoms with Crippen molar-refractivity contribution >= 4 is 17.5 Å². The van der Waals surface area contributed by atoms with Crippen LogP contribution in [-0.2, 0) is 6.54 Å². The van der Waals surface area contributed by atoms with E-state index < -0.39 is 5.82 Å². The van der Waals surface area contributed by atoms with Crippen LogP contribution in [0.2, 0.25) is 5.02 Å². The fourth-order valence-corrected chi connectivity index (χ4v) is 3.19. The topological polar surface area (TPSA) is 32.3 Å². The van der Waals surface area contributed by atoms with E-state index in [1.165, 1.54) is 17.7 Å². The Kier molecular flexibility index (Phi) is 5.48. The maximum Gasteiger partial charge on any atom is 0.251 e. The predicted molar refractivity (Wildman–Crippen MR) is 93.6 cm³/mol. The molecule has 126 valence electrons. The minimum absolute atomic E-state index is 0.0850. The Balaban J connectivity index is 1.57. The minimum Gasteiger partial charge on any atom is -0.348 e. The first kappa shape index (κ1) is 16.9. The van der Waals surface area contributed by atoms with Crippen LogP contribution in [0, 0.1) is 5.82 Å². The summed E-state index contributed by atoms with van der Waals surface area (Å²) in [6.07, 6.45) is 1.97. The molecule has 0 aliphatic carbocycles. The number of nitrogens with zero attached hydrogens (tertiary/aromatic N) is 1. The molecule has 24 heavy (non-hydrogen) atoms. The van der Waals surface area contributed by atoms with Gasteiger partial charge in [0, 0.05) is 29.7 Å². The Morgan fingerprint density at radius 1 is 1.25 bits per heavy atom. The first-order chi connectivity index (χ1) is 11.6. The van der Waals surface area contributed by atoms with Gasteiger partial charge >= 0.3 is 0 Å². The van der Waals surface area contributed by atoms with Crippen molar-refractivity contribution in [2.24, 2.45) is 0 Å². The highest BCUT2D eigenvalue weighted by atomic mass is 35.5. The Morgan fingerprint density at radius 3 is 2.79 bits per heavy atom. The molecule has 5 heteroatoms. The van der Waals surface area contributed by atoms with E-state index in [1.807, 2.05) is 24.3 Å². The monoisotopic (exact) mass is 346 g/mol. The van der Waals surface area contributed by atoms with Gasteiger partial charge in [-0.15, -0.1) is 0 Å². The number of likely N-dealkylation sites (tertiary alicyclic amines) is 1. The van der Waals surface area contributed by atoms with Crippen LogP contribution in [-0.4, -0.2) is 29.9 Å². The lowest BCUT2D eigenvalue weighted by atomic mass is 10.0. The van der Waals surface area contributed by atoms with Gasteiger partial charge < -0.3 is 5.32 Å². The summed E-state index contributed by atoms with van der Waals surface area (Å²) in [4.78, 5) is 14.6. The average molecular weight is 347 g/mol. The molecule has 2 aromatic carbocycles. The van der Waals surface area contributed by atoms with Gasteiger partial charge in [-0.1, -0.05) is 29.8 Å². The third-order valence-electron chi connectivity index (χ3n) is 4.25. The lowest BCUT2D eigenvalue weighted by Crippen LogP contribution is -2.47. The predicted octanol–water partition coefficient (Wildman–Crippen LogP) is 3.87. The van der Waals surface area contributed by atoms with E-state index >= 15 is 0 Å². The molecule has 1 aliphatic rings. The number of hydrogen-bond acceptors (Lipinski definition) is 2. The van der Waals surface area contributed by atoms with Crippen molar-refractivity contribution in [2.75, 3.05) is 13.1 Å². The van der Waals surface area contributed by atoms with Crippen LogP contribution in [0.3, 0.4) is 0 Å². The highest BCUT2D eigenvalue weighted by Gasteiger charge is 2.22. The van der Waals surface area contributed by atoms with Crippen molar-refractivity contribution in [3.63, 3.8) is 0 Å². The van der Waals surface area contributed by atoms with E-state index in [-0.39, 0.29) is 11.9 Å². The number of rotatable bonds is 4. The van der Waals surface area contributed by atoms with Crippen LogP contribution in [0.5, 0.6) is 0 Å². The first-order valence-corrected chi connectivity index (χ1v) is 8.51. The average Bonchev–Trinajstić information content (AvgIpc) is 2.57. The molecule has 0 unspecified atom stereocenters. The Morgan fingerprint density at radius 2 is 2.04 bits per heavy atom. The molecule has 0 radical (unpaired) electrons. The van der Waals surface area contributed by atoms with Crippen LogP contribution in [0.15, 0.2) is 48.5 Å². The molecule has 0 saturated carbocycles. The van der Waals surface area contributed by atoms with E-state index in [0.29, 0.717) is 5.56 Å². The van der Waals surface area contributed by atoms with Gasteiger partial charge in [0.15, 0.2) is 0 Å². The number of benzene rings is 2. The second-order valence-corrected chi connectivity index (χ2v) is 6.62. The van der Waals surface area contributed by atoms with E-state index in [2.05, 4.69) is 10.2 Å². The lowest BCUT2D eigenvalue weighted by molar-refractivity contribution is 0.0900. The third kappa shape index (κ3) is 4.56. The lowest BCUT2D eigenvalue weighted by Gasteiger charge is -2.33. The maximum absolute atomic E-state index is 13.2. The molecule has 0 bridgehead atoms. The molecule has 3 rings (SSSR count). The summed E-state index contributed by atoms with van der Waals surface area (Å²) in [6, 6.07) is 13.7. The van der Waals surface area contributed by atoms with Crippen molar-refractivity contribution < 1.29 is 9.18 Å². The molecule has 0 aromatic heterocycles. The number of halogens is 2. The van der Waals surface area contributed by atoms with Crippen molar-refractivity contribution in [1.82, 2.24) is 10.2 Å². The SMILES string of the molecule is O=C(N[C@@H]1CCCN(Cc2ccc(Cl)cc2)C1)c1cccc(F)c1. The summed E-state index contributed by atoms with van der Waals surface area (Å²) in [5.74, 6) is -0.608. The number of piperidine rings is 1. The molecule has 2 aromatic rings. The molecule has 1 fully saturated rings. The fourth-order valence-electron chi connectivity index (χ4n) is 3.06. The van der Waals surface area contributed by atoms with Crippen LogP contribution in [0.4, 0.5) is 4.39 Å². The zero-order valence-electron chi connectivity index (χ0n) is 13.3. The summed E-state index contributed by atoms with van der Waals surface area (Å²) >= 11 is 5.92. The van der Waals surface area contributed by atoms with Crippen molar-refractivity contribution in [1.29, 1.82) is 0 Å². The van der Waals surface area contributed by atoms with Gasteiger partial charge in [-0.2, -0.15) is 0 Å². The Bertz CT molecular complexity index is 705. The van der Waals surface area contributed by atoms with Crippen molar-refractivity contribution in [2.45, 2.75) is 25.4 Å². The van der Waals surface area contributed by atoms with Crippen molar-refractivity contribution in [3.8, 4) is 0 Å². The summed E-state index contributed by atoms with van der Waals surface area (Å²) < 4.78 is 13.2. The minimum atomic E-state index is -0.393. The number of nitrogens with one attached hydrogen (secondary N) is 1. The van der Waals surface area contributed by atoms with E-state index in [1.54, 1.807) is 12.1 Å². The molecule has 1 heterocycles. The summed E-state index contributed by atoms with van der Waals surface area (Å²) in [5, 5.41) is 3.75. The highest BCUT2D eigenvalue weighted by molar-refractivity contribution is 6.30. The van der Waals surface area contributed by atoms with E-state index in [4.69, 9.17) is 11.6 Å². The van der Waals surface area contributed by atoms with E-state index in [9.17, 15) is 9.18 Å². The summed E-state index contributed by atoms with van der Waals surface area (Å²) in [6.45, 7) is 2.64. The number of carbonyl (C=O) groups is 1. The summed E-state index contributed by atoms with van der Waals surface area (Å²) in [5.41, 5.74) is 1.57. The van der Waals surface area contributed by atoms with Crippen LogP contribution in [0.1, 0.15) is 28.8 Å². The van der Waals surface area contributed by atoms with Gasteiger partial charge in [-0.25, -0.2) is 4.39 Å². The number of carbonyl (C=O) groups excluding carboxylic acids is 1.